The Bertz CT molecular complexity index is 272. The van der Waals surface area contributed by atoms with Crippen molar-refractivity contribution in [1.82, 2.24) is 14.5 Å². The fourth-order valence-electron chi connectivity index (χ4n) is 0.976. The Hall–Kier alpha value is -1.05. The van der Waals surface area contributed by atoms with E-state index in [-0.39, 0.29) is 37.9 Å². The molecule has 0 saturated heterocycles. The van der Waals surface area contributed by atoms with Crippen LogP contribution in [0.2, 0.25) is 0 Å². The molecule has 0 spiro atoms. The number of carbonyl (C=O) groups excluding carboxylic acids is 1. The van der Waals surface area contributed by atoms with Crippen LogP contribution in [-0.2, 0) is 0 Å². The molecule has 1 aromatic rings. The zero-order chi connectivity index (χ0) is 10.4. The SMILES string of the molecule is O=C(c1csnn1)N(CCO)CCO. The maximum atomic E-state index is 11.6. The highest BCUT2D eigenvalue weighted by Gasteiger charge is 2.16. The van der Waals surface area contributed by atoms with Gasteiger partial charge in [0.15, 0.2) is 5.69 Å². The molecule has 78 valence electrons. The zero-order valence-electron chi connectivity index (χ0n) is 7.46. The number of aliphatic hydroxyl groups excluding tert-OH is 2. The van der Waals surface area contributed by atoms with E-state index in [0.717, 1.165) is 11.5 Å². The first-order chi connectivity index (χ1) is 6.79. The summed E-state index contributed by atoms with van der Waals surface area (Å²) >= 11 is 1.09. The molecule has 0 radical (unpaired) electrons. The minimum atomic E-state index is -0.318. The van der Waals surface area contributed by atoms with Crippen LogP contribution >= 0.6 is 11.5 Å². The third kappa shape index (κ3) is 2.72. The van der Waals surface area contributed by atoms with Gasteiger partial charge in [-0.15, -0.1) is 5.10 Å². The first-order valence-corrected chi connectivity index (χ1v) is 4.91. The molecule has 1 heterocycles. The molecule has 2 N–H and O–H groups in total. The van der Waals surface area contributed by atoms with Gasteiger partial charge in [-0.25, -0.2) is 0 Å². The molecule has 1 aromatic heterocycles. The molecule has 0 aliphatic carbocycles. The van der Waals surface area contributed by atoms with E-state index in [1.54, 1.807) is 0 Å². The first-order valence-electron chi connectivity index (χ1n) is 4.07. The highest BCUT2D eigenvalue weighted by molar-refractivity contribution is 7.03. The van der Waals surface area contributed by atoms with Crippen molar-refractivity contribution in [2.45, 2.75) is 0 Å². The van der Waals surface area contributed by atoms with Crippen LogP contribution in [0.3, 0.4) is 0 Å². The quantitative estimate of drug-likeness (QED) is 0.658. The Kier molecular flexibility index (Phi) is 4.44. The van der Waals surface area contributed by atoms with Crippen LogP contribution in [0.15, 0.2) is 5.38 Å². The third-order valence-corrected chi connectivity index (χ3v) is 2.11. The van der Waals surface area contributed by atoms with Crippen LogP contribution in [0.1, 0.15) is 10.5 Å². The molecular weight excluding hydrogens is 206 g/mol. The summed E-state index contributed by atoms with van der Waals surface area (Å²) < 4.78 is 3.57. The lowest BCUT2D eigenvalue weighted by Crippen LogP contribution is -2.36. The number of aromatic nitrogens is 2. The van der Waals surface area contributed by atoms with Crippen molar-refractivity contribution in [3.8, 4) is 0 Å². The second kappa shape index (κ2) is 5.63. The summed E-state index contributed by atoms with van der Waals surface area (Å²) in [5.41, 5.74) is 0.247. The van der Waals surface area contributed by atoms with E-state index in [4.69, 9.17) is 10.2 Å². The molecule has 0 fully saturated rings. The van der Waals surface area contributed by atoms with Crippen LogP contribution in [0.4, 0.5) is 0 Å². The Balaban J connectivity index is 2.63. The maximum Gasteiger partial charge on any atom is 0.275 e. The summed E-state index contributed by atoms with van der Waals surface area (Å²) in [6, 6.07) is 0. The van der Waals surface area contributed by atoms with Crippen molar-refractivity contribution in [2.75, 3.05) is 26.3 Å². The number of carbonyl (C=O) groups is 1. The van der Waals surface area contributed by atoms with Crippen molar-refractivity contribution in [1.29, 1.82) is 0 Å². The lowest BCUT2D eigenvalue weighted by Gasteiger charge is -2.18. The average molecular weight is 217 g/mol. The Labute approximate surface area is 85.0 Å². The van der Waals surface area contributed by atoms with E-state index in [9.17, 15) is 4.79 Å². The molecule has 0 bridgehead atoms. The van der Waals surface area contributed by atoms with Crippen molar-refractivity contribution in [3.05, 3.63) is 11.1 Å². The normalized spacial score (nSPS) is 10.1. The van der Waals surface area contributed by atoms with Gasteiger partial charge in [0, 0.05) is 18.5 Å². The predicted molar refractivity (Wildman–Crippen MR) is 50.0 cm³/mol. The molecule has 0 atom stereocenters. The van der Waals surface area contributed by atoms with Gasteiger partial charge in [0.2, 0.25) is 0 Å². The molecule has 0 aromatic carbocycles. The van der Waals surface area contributed by atoms with Gasteiger partial charge in [0.05, 0.1) is 13.2 Å². The van der Waals surface area contributed by atoms with Gasteiger partial charge in [0.1, 0.15) is 0 Å². The Morgan fingerprint density at radius 3 is 2.50 bits per heavy atom. The van der Waals surface area contributed by atoms with Gasteiger partial charge in [-0.2, -0.15) is 0 Å². The number of rotatable bonds is 5. The van der Waals surface area contributed by atoms with Crippen LogP contribution in [-0.4, -0.2) is 56.9 Å². The van der Waals surface area contributed by atoms with Crippen molar-refractivity contribution >= 4 is 17.4 Å². The van der Waals surface area contributed by atoms with E-state index in [0.29, 0.717) is 0 Å². The van der Waals surface area contributed by atoms with Gasteiger partial charge in [-0.1, -0.05) is 4.49 Å². The predicted octanol–water partition coefficient (Wildman–Crippen LogP) is -1.04. The number of hydrogen-bond donors (Lipinski definition) is 2. The van der Waals surface area contributed by atoms with Crippen LogP contribution in [0.5, 0.6) is 0 Å². The van der Waals surface area contributed by atoms with Crippen LogP contribution in [0.25, 0.3) is 0 Å². The molecule has 7 heteroatoms. The maximum absolute atomic E-state index is 11.6. The molecular formula is C7H11N3O3S. The molecule has 0 saturated carbocycles. The summed E-state index contributed by atoms with van der Waals surface area (Å²) in [5.74, 6) is -0.318. The second-order valence-corrected chi connectivity index (χ2v) is 3.14. The monoisotopic (exact) mass is 217 g/mol. The topological polar surface area (TPSA) is 86.6 Å². The molecule has 14 heavy (non-hydrogen) atoms. The molecule has 6 nitrogen and oxygen atoms in total. The fourth-order valence-corrected chi connectivity index (χ4v) is 1.41. The Morgan fingerprint density at radius 1 is 1.43 bits per heavy atom. The lowest BCUT2D eigenvalue weighted by atomic mass is 10.4. The second-order valence-electron chi connectivity index (χ2n) is 2.53. The fraction of sp³-hybridized carbons (Fsp3) is 0.571. The van der Waals surface area contributed by atoms with Gasteiger partial charge in [0.25, 0.3) is 5.91 Å². The van der Waals surface area contributed by atoms with Crippen molar-refractivity contribution < 1.29 is 15.0 Å². The number of hydrogen-bond acceptors (Lipinski definition) is 6. The van der Waals surface area contributed by atoms with E-state index < -0.39 is 0 Å². The van der Waals surface area contributed by atoms with E-state index in [1.165, 1.54) is 10.3 Å². The minimum absolute atomic E-state index is 0.136. The van der Waals surface area contributed by atoms with E-state index in [2.05, 4.69) is 9.59 Å². The van der Waals surface area contributed by atoms with Crippen LogP contribution < -0.4 is 0 Å². The van der Waals surface area contributed by atoms with Gasteiger partial charge < -0.3 is 15.1 Å². The summed E-state index contributed by atoms with van der Waals surface area (Å²) in [4.78, 5) is 12.9. The largest absolute Gasteiger partial charge is 0.395 e. The number of aliphatic hydroxyl groups is 2. The summed E-state index contributed by atoms with van der Waals surface area (Å²) in [6.45, 7) is 0.112. The van der Waals surface area contributed by atoms with Gasteiger partial charge in [-0.3, -0.25) is 4.79 Å². The number of nitrogens with zero attached hydrogens (tertiary/aromatic N) is 3. The molecule has 1 amide bonds. The molecule has 0 unspecified atom stereocenters. The van der Waals surface area contributed by atoms with Crippen molar-refractivity contribution in [3.63, 3.8) is 0 Å². The Morgan fingerprint density at radius 2 is 2.07 bits per heavy atom. The number of amides is 1. The third-order valence-electron chi connectivity index (χ3n) is 1.61. The highest BCUT2D eigenvalue weighted by Crippen LogP contribution is 2.02. The summed E-state index contributed by atoms with van der Waals surface area (Å²) in [6.07, 6.45) is 0. The van der Waals surface area contributed by atoms with Gasteiger partial charge >= 0.3 is 0 Å². The molecule has 0 aliphatic heterocycles. The average Bonchev–Trinajstić information content (AvgIpc) is 2.69. The molecule has 0 aliphatic rings. The van der Waals surface area contributed by atoms with Gasteiger partial charge in [-0.05, 0) is 11.5 Å². The zero-order valence-corrected chi connectivity index (χ0v) is 8.27. The van der Waals surface area contributed by atoms with Crippen LogP contribution in [0, 0.1) is 0 Å². The van der Waals surface area contributed by atoms with E-state index >= 15 is 0 Å². The smallest absolute Gasteiger partial charge is 0.275 e. The van der Waals surface area contributed by atoms with Crippen molar-refractivity contribution in [2.24, 2.45) is 0 Å². The highest BCUT2D eigenvalue weighted by atomic mass is 32.1. The molecule has 1 rings (SSSR count). The first kappa shape index (κ1) is 11.0. The van der Waals surface area contributed by atoms with E-state index in [1.807, 2.05) is 0 Å². The lowest BCUT2D eigenvalue weighted by molar-refractivity contribution is 0.0679. The minimum Gasteiger partial charge on any atom is -0.395 e. The summed E-state index contributed by atoms with van der Waals surface area (Å²) in [7, 11) is 0. The standard InChI is InChI=1S/C7H11N3O3S/c11-3-1-10(2-4-12)7(13)6-5-14-9-8-6/h5,11-12H,1-4H2. The summed E-state index contributed by atoms with van der Waals surface area (Å²) in [5, 5.41) is 22.5.